The second kappa shape index (κ2) is 6.94. The SMILES string of the molecule is CCCOc1cc(C=O)cc2c(OCCC)cccc12. The van der Waals surface area contributed by atoms with Crippen LogP contribution in [-0.4, -0.2) is 19.5 Å². The van der Waals surface area contributed by atoms with Crippen molar-refractivity contribution in [1.82, 2.24) is 0 Å². The molecule has 0 aliphatic rings. The van der Waals surface area contributed by atoms with Crippen molar-refractivity contribution in [3.05, 3.63) is 35.9 Å². The number of hydrogen-bond donors (Lipinski definition) is 0. The maximum Gasteiger partial charge on any atom is 0.150 e. The minimum absolute atomic E-state index is 0.608. The van der Waals surface area contributed by atoms with Gasteiger partial charge in [-0.3, -0.25) is 4.79 Å². The summed E-state index contributed by atoms with van der Waals surface area (Å²) >= 11 is 0. The van der Waals surface area contributed by atoms with Crippen molar-refractivity contribution in [3.63, 3.8) is 0 Å². The lowest BCUT2D eigenvalue weighted by atomic mass is 10.1. The summed E-state index contributed by atoms with van der Waals surface area (Å²) in [5.74, 6) is 1.54. The zero-order valence-corrected chi connectivity index (χ0v) is 12.0. The van der Waals surface area contributed by atoms with Gasteiger partial charge >= 0.3 is 0 Å². The molecule has 0 aliphatic heterocycles. The van der Waals surface area contributed by atoms with E-state index in [1.807, 2.05) is 24.3 Å². The van der Waals surface area contributed by atoms with Crippen LogP contribution in [0.4, 0.5) is 0 Å². The van der Waals surface area contributed by atoms with Gasteiger partial charge in [-0.2, -0.15) is 0 Å². The second-order valence-corrected chi connectivity index (χ2v) is 4.69. The Morgan fingerprint density at radius 2 is 1.65 bits per heavy atom. The van der Waals surface area contributed by atoms with E-state index in [-0.39, 0.29) is 0 Å². The van der Waals surface area contributed by atoms with Gasteiger partial charge in [-0.1, -0.05) is 26.0 Å². The molecule has 2 aromatic rings. The van der Waals surface area contributed by atoms with Gasteiger partial charge in [0.05, 0.1) is 13.2 Å². The van der Waals surface area contributed by atoms with Crippen molar-refractivity contribution in [3.8, 4) is 11.5 Å². The summed E-state index contributed by atoms with van der Waals surface area (Å²) in [5, 5.41) is 1.91. The molecular formula is C17H20O3. The topological polar surface area (TPSA) is 35.5 Å². The van der Waals surface area contributed by atoms with Crippen LogP contribution in [0.25, 0.3) is 10.8 Å². The first-order valence-corrected chi connectivity index (χ1v) is 7.07. The molecule has 0 atom stereocenters. The molecule has 0 bridgehead atoms. The van der Waals surface area contributed by atoms with E-state index in [4.69, 9.17) is 9.47 Å². The lowest BCUT2D eigenvalue weighted by Crippen LogP contribution is -1.99. The standard InChI is InChI=1S/C17H20O3/c1-3-8-19-16-7-5-6-14-15(16)10-13(12-18)11-17(14)20-9-4-2/h5-7,10-12H,3-4,8-9H2,1-2H3. The van der Waals surface area contributed by atoms with Crippen molar-refractivity contribution in [2.75, 3.05) is 13.2 Å². The van der Waals surface area contributed by atoms with Crippen LogP contribution in [-0.2, 0) is 0 Å². The fraction of sp³-hybridized carbons (Fsp3) is 0.353. The molecule has 106 valence electrons. The number of benzene rings is 2. The van der Waals surface area contributed by atoms with Crippen molar-refractivity contribution in [2.45, 2.75) is 26.7 Å². The van der Waals surface area contributed by atoms with Gasteiger partial charge in [0.1, 0.15) is 17.8 Å². The first-order valence-electron chi connectivity index (χ1n) is 7.07. The van der Waals surface area contributed by atoms with E-state index in [1.165, 1.54) is 0 Å². The number of carbonyl (C=O) groups is 1. The third kappa shape index (κ3) is 3.10. The molecule has 20 heavy (non-hydrogen) atoms. The highest BCUT2D eigenvalue weighted by molar-refractivity contribution is 5.97. The number of rotatable bonds is 7. The maximum atomic E-state index is 11.1. The van der Waals surface area contributed by atoms with E-state index in [9.17, 15) is 4.79 Å². The van der Waals surface area contributed by atoms with Crippen molar-refractivity contribution < 1.29 is 14.3 Å². The summed E-state index contributed by atoms with van der Waals surface area (Å²) in [6, 6.07) is 9.51. The third-order valence-corrected chi connectivity index (χ3v) is 3.00. The molecule has 0 spiro atoms. The van der Waals surface area contributed by atoms with Crippen LogP contribution in [0.1, 0.15) is 37.0 Å². The Morgan fingerprint density at radius 1 is 0.950 bits per heavy atom. The van der Waals surface area contributed by atoms with Crippen LogP contribution in [0.2, 0.25) is 0 Å². The molecule has 0 heterocycles. The molecule has 0 saturated carbocycles. The molecule has 3 nitrogen and oxygen atoms in total. The highest BCUT2D eigenvalue weighted by Gasteiger charge is 2.09. The quantitative estimate of drug-likeness (QED) is 0.707. The molecule has 0 radical (unpaired) electrons. The van der Waals surface area contributed by atoms with Crippen LogP contribution in [0, 0.1) is 0 Å². The number of aldehydes is 1. The second-order valence-electron chi connectivity index (χ2n) is 4.69. The fourth-order valence-corrected chi connectivity index (χ4v) is 2.08. The van der Waals surface area contributed by atoms with Crippen molar-refractivity contribution in [1.29, 1.82) is 0 Å². The number of ether oxygens (including phenoxy) is 2. The van der Waals surface area contributed by atoms with Gasteiger partial charge in [0.15, 0.2) is 0 Å². The summed E-state index contributed by atoms with van der Waals surface area (Å²) in [4.78, 5) is 11.1. The van der Waals surface area contributed by atoms with Gasteiger partial charge in [0.2, 0.25) is 0 Å². The number of hydrogen-bond acceptors (Lipinski definition) is 3. The first kappa shape index (κ1) is 14.4. The summed E-state index contributed by atoms with van der Waals surface area (Å²) in [6.45, 7) is 5.42. The van der Waals surface area contributed by atoms with Gasteiger partial charge in [-0.05, 0) is 31.0 Å². The summed E-state index contributed by atoms with van der Waals surface area (Å²) in [6.07, 6.45) is 2.72. The van der Waals surface area contributed by atoms with Gasteiger partial charge in [-0.25, -0.2) is 0 Å². The Bertz CT molecular complexity index is 590. The monoisotopic (exact) mass is 272 g/mol. The predicted octanol–water partition coefficient (Wildman–Crippen LogP) is 4.23. The Hall–Kier alpha value is -2.03. The first-order chi connectivity index (χ1) is 9.80. The predicted molar refractivity (Wildman–Crippen MR) is 80.9 cm³/mol. The van der Waals surface area contributed by atoms with Gasteiger partial charge in [-0.15, -0.1) is 0 Å². The zero-order valence-electron chi connectivity index (χ0n) is 12.0. The Labute approximate surface area is 119 Å². The molecule has 0 aromatic heterocycles. The average molecular weight is 272 g/mol. The maximum absolute atomic E-state index is 11.1. The van der Waals surface area contributed by atoms with Crippen LogP contribution in [0.5, 0.6) is 11.5 Å². The molecule has 2 rings (SSSR count). The van der Waals surface area contributed by atoms with Crippen molar-refractivity contribution >= 4 is 17.1 Å². The van der Waals surface area contributed by atoms with Gasteiger partial charge < -0.3 is 9.47 Å². The molecule has 0 unspecified atom stereocenters. The molecule has 0 saturated heterocycles. The number of fused-ring (bicyclic) bond motifs is 1. The van der Waals surface area contributed by atoms with Crippen LogP contribution >= 0.6 is 0 Å². The largest absolute Gasteiger partial charge is 0.493 e. The molecule has 0 amide bonds. The zero-order chi connectivity index (χ0) is 14.4. The Morgan fingerprint density at radius 3 is 2.30 bits per heavy atom. The Balaban J connectivity index is 2.52. The molecule has 0 N–H and O–H groups in total. The van der Waals surface area contributed by atoms with E-state index in [0.717, 1.165) is 41.4 Å². The normalized spacial score (nSPS) is 10.5. The van der Waals surface area contributed by atoms with Crippen LogP contribution in [0.15, 0.2) is 30.3 Å². The highest BCUT2D eigenvalue weighted by Crippen LogP contribution is 2.33. The van der Waals surface area contributed by atoms with E-state index in [0.29, 0.717) is 18.8 Å². The van der Waals surface area contributed by atoms with Crippen molar-refractivity contribution in [2.24, 2.45) is 0 Å². The summed E-state index contributed by atoms with van der Waals surface area (Å²) in [5.41, 5.74) is 0.608. The van der Waals surface area contributed by atoms with E-state index in [1.54, 1.807) is 6.07 Å². The molecule has 0 fully saturated rings. The number of carbonyl (C=O) groups excluding carboxylic acids is 1. The molecule has 3 heteroatoms. The van der Waals surface area contributed by atoms with E-state index in [2.05, 4.69) is 13.8 Å². The lowest BCUT2D eigenvalue weighted by Gasteiger charge is -2.13. The Kier molecular flexibility index (Phi) is 4.99. The lowest BCUT2D eigenvalue weighted by molar-refractivity contribution is 0.112. The molecular weight excluding hydrogens is 252 g/mol. The smallest absolute Gasteiger partial charge is 0.150 e. The van der Waals surface area contributed by atoms with Crippen LogP contribution in [0.3, 0.4) is 0 Å². The summed E-state index contributed by atoms with van der Waals surface area (Å²) < 4.78 is 11.5. The summed E-state index contributed by atoms with van der Waals surface area (Å²) in [7, 11) is 0. The minimum Gasteiger partial charge on any atom is -0.493 e. The van der Waals surface area contributed by atoms with E-state index < -0.39 is 0 Å². The average Bonchev–Trinajstić information content (AvgIpc) is 2.50. The fourth-order valence-electron chi connectivity index (χ4n) is 2.08. The van der Waals surface area contributed by atoms with Crippen LogP contribution < -0.4 is 9.47 Å². The highest BCUT2D eigenvalue weighted by atomic mass is 16.5. The minimum atomic E-state index is 0.608. The van der Waals surface area contributed by atoms with Gasteiger partial charge in [0.25, 0.3) is 0 Å². The molecule has 2 aromatic carbocycles. The third-order valence-electron chi connectivity index (χ3n) is 3.00. The van der Waals surface area contributed by atoms with E-state index >= 15 is 0 Å². The van der Waals surface area contributed by atoms with Gasteiger partial charge in [0, 0.05) is 16.3 Å². The molecule has 0 aliphatic carbocycles.